The summed E-state index contributed by atoms with van der Waals surface area (Å²) in [5.41, 5.74) is 2.36. The van der Waals surface area contributed by atoms with Crippen LogP contribution in [0.25, 0.3) is 0 Å². The molecule has 3 rings (SSSR count). The molecule has 0 unspecified atom stereocenters. The van der Waals surface area contributed by atoms with Crippen molar-refractivity contribution in [2.24, 2.45) is 0 Å². The van der Waals surface area contributed by atoms with Gasteiger partial charge in [-0.1, -0.05) is 29.8 Å². The van der Waals surface area contributed by atoms with Crippen molar-refractivity contribution in [3.05, 3.63) is 58.6 Å². The Morgan fingerprint density at radius 1 is 1.27 bits per heavy atom. The summed E-state index contributed by atoms with van der Waals surface area (Å²) in [6.45, 7) is 5.67. The molecular weight excluding hydrogens is 352 g/mol. The number of benzene rings is 2. The molecule has 0 spiro atoms. The zero-order valence-corrected chi connectivity index (χ0v) is 15.7. The molecule has 1 heterocycles. The third-order valence-corrected chi connectivity index (χ3v) is 4.35. The second-order valence-electron chi connectivity index (χ2n) is 6.54. The zero-order chi connectivity index (χ0) is 18.8. The predicted octanol–water partition coefficient (Wildman–Crippen LogP) is 3.85. The Kier molecular flexibility index (Phi) is 5.18. The molecule has 0 radical (unpaired) electrons. The third-order valence-electron chi connectivity index (χ3n) is 4.12. The lowest BCUT2D eigenvalue weighted by molar-refractivity contribution is -0.126. The number of ether oxygens (including phenoxy) is 1. The van der Waals surface area contributed by atoms with Gasteiger partial charge in [-0.15, -0.1) is 0 Å². The van der Waals surface area contributed by atoms with Crippen LogP contribution < -0.4 is 15.0 Å². The SMILES string of the molecule is CC(=O)N[C@H]1C(=O)N(Cc2ccccc2OC(C)C)c2ccc(Cl)cc21. The van der Waals surface area contributed by atoms with Crippen molar-refractivity contribution in [2.75, 3.05) is 4.90 Å². The number of hydrogen-bond acceptors (Lipinski definition) is 3. The maximum absolute atomic E-state index is 13.0. The second kappa shape index (κ2) is 7.38. The maximum atomic E-state index is 13.0. The first-order valence-corrected chi connectivity index (χ1v) is 8.87. The van der Waals surface area contributed by atoms with Crippen LogP contribution >= 0.6 is 11.6 Å². The molecule has 0 saturated carbocycles. The number of para-hydroxylation sites is 1. The number of halogens is 1. The Morgan fingerprint density at radius 3 is 2.69 bits per heavy atom. The Labute approximate surface area is 157 Å². The Hall–Kier alpha value is -2.53. The van der Waals surface area contributed by atoms with E-state index in [4.69, 9.17) is 16.3 Å². The van der Waals surface area contributed by atoms with Crippen LogP contribution in [0.3, 0.4) is 0 Å². The molecule has 0 aromatic heterocycles. The van der Waals surface area contributed by atoms with E-state index in [1.807, 2.05) is 44.2 Å². The van der Waals surface area contributed by atoms with Gasteiger partial charge in [-0.3, -0.25) is 9.59 Å². The van der Waals surface area contributed by atoms with Crippen molar-refractivity contribution >= 4 is 29.1 Å². The van der Waals surface area contributed by atoms with Gasteiger partial charge in [0.15, 0.2) is 0 Å². The topological polar surface area (TPSA) is 58.6 Å². The fraction of sp³-hybridized carbons (Fsp3) is 0.300. The maximum Gasteiger partial charge on any atom is 0.254 e. The van der Waals surface area contributed by atoms with E-state index >= 15 is 0 Å². The summed E-state index contributed by atoms with van der Waals surface area (Å²) in [6.07, 6.45) is 0.0312. The van der Waals surface area contributed by atoms with E-state index in [0.717, 1.165) is 17.0 Å². The molecule has 1 atom stereocenters. The average Bonchev–Trinajstić information content (AvgIpc) is 2.81. The molecule has 5 nitrogen and oxygen atoms in total. The molecule has 2 aromatic carbocycles. The normalized spacial score (nSPS) is 16.0. The summed E-state index contributed by atoms with van der Waals surface area (Å²) < 4.78 is 5.86. The van der Waals surface area contributed by atoms with Gasteiger partial charge in [0.25, 0.3) is 5.91 Å². The Bertz CT molecular complexity index is 851. The van der Waals surface area contributed by atoms with E-state index in [2.05, 4.69) is 5.32 Å². The van der Waals surface area contributed by atoms with E-state index in [1.54, 1.807) is 17.0 Å². The molecule has 0 fully saturated rings. The minimum Gasteiger partial charge on any atom is -0.491 e. The Balaban J connectivity index is 1.97. The van der Waals surface area contributed by atoms with E-state index in [0.29, 0.717) is 17.1 Å². The van der Waals surface area contributed by atoms with Crippen molar-refractivity contribution < 1.29 is 14.3 Å². The minimum absolute atomic E-state index is 0.0312. The highest BCUT2D eigenvalue weighted by atomic mass is 35.5. The zero-order valence-electron chi connectivity index (χ0n) is 15.0. The number of rotatable bonds is 5. The van der Waals surface area contributed by atoms with Crippen LogP contribution in [-0.2, 0) is 16.1 Å². The van der Waals surface area contributed by atoms with Crippen molar-refractivity contribution in [1.29, 1.82) is 0 Å². The molecule has 1 aliphatic rings. The predicted molar refractivity (Wildman–Crippen MR) is 101 cm³/mol. The lowest BCUT2D eigenvalue weighted by Gasteiger charge is -2.21. The molecular formula is C20H21ClN2O3. The minimum atomic E-state index is -0.723. The average molecular weight is 373 g/mol. The van der Waals surface area contributed by atoms with Crippen molar-refractivity contribution in [2.45, 2.75) is 39.5 Å². The fourth-order valence-corrected chi connectivity index (χ4v) is 3.27. The van der Waals surface area contributed by atoms with Gasteiger partial charge in [0.1, 0.15) is 11.8 Å². The Morgan fingerprint density at radius 2 is 2.00 bits per heavy atom. The van der Waals surface area contributed by atoms with E-state index in [-0.39, 0.29) is 17.9 Å². The molecule has 2 aromatic rings. The van der Waals surface area contributed by atoms with Gasteiger partial charge in [0.05, 0.1) is 12.6 Å². The highest BCUT2D eigenvalue weighted by Gasteiger charge is 2.38. The monoisotopic (exact) mass is 372 g/mol. The van der Waals surface area contributed by atoms with E-state index < -0.39 is 6.04 Å². The summed E-state index contributed by atoms with van der Waals surface area (Å²) in [5, 5.41) is 3.24. The van der Waals surface area contributed by atoms with Crippen LogP contribution in [0.5, 0.6) is 5.75 Å². The molecule has 2 amide bonds. The quantitative estimate of drug-likeness (QED) is 0.867. The first-order chi connectivity index (χ1) is 12.4. The number of carbonyl (C=O) groups excluding carboxylic acids is 2. The van der Waals surface area contributed by atoms with Gasteiger partial charge >= 0.3 is 0 Å². The molecule has 26 heavy (non-hydrogen) atoms. The number of nitrogens with zero attached hydrogens (tertiary/aromatic N) is 1. The molecule has 136 valence electrons. The van der Waals surface area contributed by atoms with Gasteiger partial charge in [0, 0.05) is 28.8 Å². The van der Waals surface area contributed by atoms with E-state index in [1.165, 1.54) is 6.92 Å². The fourth-order valence-electron chi connectivity index (χ4n) is 3.09. The van der Waals surface area contributed by atoms with Crippen LogP contribution in [0.15, 0.2) is 42.5 Å². The highest BCUT2D eigenvalue weighted by Crippen LogP contribution is 2.39. The molecule has 1 aliphatic heterocycles. The van der Waals surface area contributed by atoms with Gasteiger partial charge in [-0.05, 0) is 38.1 Å². The number of amides is 2. The molecule has 0 aliphatic carbocycles. The first kappa shape index (κ1) is 18.3. The largest absolute Gasteiger partial charge is 0.491 e. The number of nitrogens with one attached hydrogen (secondary N) is 1. The summed E-state index contributed by atoms with van der Waals surface area (Å²) in [5.74, 6) is 0.297. The van der Waals surface area contributed by atoms with Crippen molar-refractivity contribution in [3.8, 4) is 5.75 Å². The lowest BCUT2D eigenvalue weighted by Crippen LogP contribution is -2.36. The summed E-state index contributed by atoms with van der Waals surface area (Å²) >= 11 is 6.10. The standard InChI is InChI=1S/C20H21ClN2O3/c1-12(2)26-18-7-5-4-6-14(18)11-23-17-9-8-15(21)10-16(17)19(20(23)25)22-13(3)24/h4-10,12,19H,11H2,1-3H3,(H,22,24)/t19-/m1/s1. The number of hydrogen-bond donors (Lipinski definition) is 1. The van der Waals surface area contributed by atoms with Gasteiger partial charge < -0.3 is 15.0 Å². The number of anilines is 1. The van der Waals surface area contributed by atoms with Crippen LogP contribution in [-0.4, -0.2) is 17.9 Å². The smallest absolute Gasteiger partial charge is 0.254 e. The number of fused-ring (bicyclic) bond motifs is 1. The van der Waals surface area contributed by atoms with Crippen molar-refractivity contribution in [1.82, 2.24) is 5.32 Å². The van der Waals surface area contributed by atoms with Gasteiger partial charge in [-0.25, -0.2) is 0 Å². The summed E-state index contributed by atoms with van der Waals surface area (Å²) in [6, 6.07) is 12.2. The van der Waals surface area contributed by atoms with Crippen LogP contribution in [0.2, 0.25) is 5.02 Å². The summed E-state index contributed by atoms with van der Waals surface area (Å²) in [4.78, 5) is 26.2. The molecule has 0 saturated heterocycles. The van der Waals surface area contributed by atoms with E-state index in [9.17, 15) is 9.59 Å². The third kappa shape index (κ3) is 3.68. The van der Waals surface area contributed by atoms with Crippen LogP contribution in [0.1, 0.15) is 37.9 Å². The number of carbonyl (C=O) groups is 2. The van der Waals surface area contributed by atoms with Crippen molar-refractivity contribution in [3.63, 3.8) is 0 Å². The highest BCUT2D eigenvalue weighted by molar-refractivity contribution is 6.31. The second-order valence-corrected chi connectivity index (χ2v) is 6.97. The summed E-state index contributed by atoms with van der Waals surface area (Å²) in [7, 11) is 0. The van der Waals surface area contributed by atoms with Gasteiger partial charge in [0.2, 0.25) is 5.91 Å². The lowest BCUT2D eigenvalue weighted by atomic mass is 10.1. The molecule has 1 N–H and O–H groups in total. The van der Waals surface area contributed by atoms with Crippen LogP contribution in [0, 0.1) is 0 Å². The molecule has 6 heteroatoms. The van der Waals surface area contributed by atoms with Gasteiger partial charge in [-0.2, -0.15) is 0 Å². The van der Waals surface area contributed by atoms with Crippen LogP contribution in [0.4, 0.5) is 5.69 Å². The molecule has 0 bridgehead atoms. The first-order valence-electron chi connectivity index (χ1n) is 8.49.